The molecule has 0 amide bonds. The summed E-state index contributed by atoms with van der Waals surface area (Å²) in [5.74, 6) is -2.51. The van der Waals surface area contributed by atoms with Crippen LogP contribution in [0.25, 0.3) is 0 Å². The van der Waals surface area contributed by atoms with Gasteiger partial charge >= 0.3 is 12.1 Å². The number of hydrogen-bond acceptors (Lipinski definition) is 4. The molecule has 0 saturated carbocycles. The van der Waals surface area contributed by atoms with E-state index in [1.165, 1.54) is 6.92 Å². The maximum absolute atomic E-state index is 12.7. The van der Waals surface area contributed by atoms with E-state index in [1.54, 1.807) is 0 Å². The Morgan fingerprint density at radius 3 is 2.50 bits per heavy atom. The number of aromatic hydroxyl groups is 1. The van der Waals surface area contributed by atoms with E-state index in [1.807, 2.05) is 0 Å². The Morgan fingerprint density at radius 1 is 1.45 bits per heavy atom. The van der Waals surface area contributed by atoms with Crippen molar-refractivity contribution >= 4 is 5.97 Å². The fourth-order valence-electron chi connectivity index (χ4n) is 1.49. The minimum absolute atomic E-state index is 0.0686. The Labute approximate surface area is 110 Å². The lowest BCUT2D eigenvalue weighted by atomic mass is 10.0. The van der Waals surface area contributed by atoms with Crippen molar-refractivity contribution in [2.45, 2.75) is 25.9 Å². The molecule has 1 N–H and O–H groups in total. The number of pyridine rings is 1. The quantitative estimate of drug-likeness (QED) is 0.686. The molecule has 9 heteroatoms. The highest BCUT2D eigenvalue weighted by Gasteiger charge is 2.38. The summed E-state index contributed by atoms with van der Waals surface area (Å²) in [6.45, 7) is 1.38. The molecule has 4 nitrogen and oxygen atoms in total. The van der Waals surface area contributed by atoms with Crippen molar-refractivity contribution in [1.82, 2.24) is 4.98 Å². The molecule has 0 aromatic carbocycles. The maximum Gasteiger partial charge on any atom is 0.437 e. The van der Waals surface area contributed by atoms with Gasteiger partial charge < -0.3 is 9.84 Å². The molecule has 1 aromatic heterocycles. The van der Waals surface area contributed by atoms with Gasteiger partial charge in [-0.25, -0.2) is 13.8 Å². The highest BCUT2D eigenvalue weighted by Crippen LogP contribution is 2.39. The van der Waals surface area contributed by atoms with Gasteiger partial charge in [-0.05, 0) is 6.92 Å². The Hall–Kier alpha value is -1.93. The van der Waals surface area contributed by atoms with Crippen LogP contribution in [0, 0.1) is 0 Å². The van der Waals surface area contributed by atoms with Gasteiger partial charge in [0.05, 0.1) is 13.0 Å². The number of hydrogen-bond donors (Lipinski definition) is 1. The Balaban J connectivity index is 3.32. The zero-order valence-electron chi connectivity index (χ0n) is 10.2. The van der Waals surface area contributed by atoms with Gasteiger partial charge in [-0.1, -0.05) is 0 Å². The minimum atomic E-state index is -5.02. The van der Waals surface area contributed by atoms with Crippen molar-refractivity contribution in [2.24, 2.45) is 0 Å². The molecule has 0 aliphatic carbocycles. The minimum Gasteiger partial charge on any atom is -0.505 e. The molecule has 0 saturated heterocycles. The normalized spacial score (nSPS) is 11.8. The molecule has 0 atom stereocenters. The first-order chi connectivity index (χ1) is 9.18. The lowest BCUT2D eigenvalue weighted by Crippen LogP contribution is -2.14. The molecule has 1 aromatic rings. The lowest BCUT2D eigenvalue weighted by Gasteiger charge is -2.14. The van der Waals surface area contributed by atoms with E-state index < -0.39 is 47.6 Å². The van der Waals surface area contributed by atoms with Gasteiger partial charge in [0.1, 0.15) is 0 Å². The Bertz CT molecular complexity index is 502. The zero-order chi connectivity index (χ0) is 15.5. The van der Waals surface area contributed by atoms with Crippen LogP contribution < -0.4 is 0 Å². The number of ether oxygens (including phenoxy) is 1. The van der Waals surface area contributed by atoms with E-state index in [9.17, 15) is 31.9 Å². The van der Waals surface area contributed by atoms with Crippen molar-refractivity contribution in [3.8, 4) is 5.75 Å². The Morgan fingerprint density at radius 2 is 2.05 bits per heavy atom. The fraction of sp³-hybridized carbons (Fsp3) is 0.455. The number of rotatable bonds is 4. The van der Waals surface area contributed by atoms with Crippen molar-refractivity contribution in [3.05, 3.63) is 23.0 Å². The third kappa shape index (κ3) is 3.55. The third-order valence-electron chi connectivity index (χ3n) is 2.32. The molecular weight excluding hydrogens is 289 g/mol. The average molecular weight is 299 g/mol. The van der Waals surface area contributed by atoms with Crippen molar-refractivity contribution in [1.29, 1.82) is 0 Å². The predicted octanol–water partition coefficient (Wildman–Crippen LogP) is 2.85. The predicted molar refractivity (Wildman–Crippen MR) is 56.2 cm³/mol. The largest absolute Gasteiger partial charge is 0.505 e. The topological polar surface area (TPSA) is 59.4 Å². The number of nitrogens with zero attached hydrogens (tertiary/aromatic N) is 1. The fourth-order valence-corrected chi connectivity index (χ4v) is 1.49. The van der Waals surface area contributed by atoms with E-state index in [0.717, 1.165) is 0 Å². The van der Waals surface area contributed by atoms with Gasteiger partial charge in [-0.15, -0.1) is 0 Å². The monoisotopic (exact) mass is 299 g/mol. The second-order valence-corrected chi connectivity index (χ2v) is 3.67. The van der Waals surface area contributed by atoms with Crippen LogP contribution >= 0.6 is 0 Å². The van der Waals surface area contributed by atoms with Gasteiger partial charge in [0.25, 0.3) is 6.43 Å². The average Bonchev–Trinajstić information content (AvgIpc) is 2.29. The van der Waals surface area contributed by atoms with Crippen LogP contribution in [0.5, 0.6) is 5.75 Å². The summed E-state index contributed by atoms with van der Waals surface area (Å²) in [5, 5.41) is 9.45. The molecule has 0 radical (unpaired) electrons. The standard InChI is InChI=1S/C11H10F5NO3/c1-2-20-7(18)3-5-6(10(12)13)4-17-9(8(5)19)11(14,15)16/h4,10,19H,2-3H2,1H3. The molecule has 1 rings (SSSR count). The molecule has 0 aliphatic rings. The van der Waals surface area contributed by atoms with E-state index in [2.05, 4.69) is 9.72 Å². The molecule has 0 bridgehead atoms. The summed E-state index contributed by atoms with van der Waals surface area (Å²) in [7, 11) is 0. The number of carbonyl (C=O) groups is 1. The molecule has 0 fully saturated rings. The summed E-state index contributed by atoms with van der Waals surface area (Å²) in [6.07, 6.45) is -8.80. The van der Waals surface area contributed by atoms with Crippen LogP contribution in [0.15, 0.2) is 6.20 Å². The molecule has 112 valence electrons. The van der Waals surface area contributed by atoms with Crippen LogP contribution in [0.1, 0.15) is 30.2 Å². The van der Waals surface area contributed by atoms with Crippen LogP contribution in [0.3, 0.4) is 0 Å². The van der Waals surface area contributed by atoms with E-state index in [0.29, 0.717) is 6.20 Å². The molecule has 0 spiro atoms. The number of carbonyl (C=O) groups excluding carboxylic acids is 1. The van der Waals surface area contributed by atoms with Gasteiger partial charge in [-0.2, -0.15) is 13.2 Å². The highest BCUT2D eigenvalue weighted by molar-refractivity contribution is 5.74. The van der Waals surface area contributed by atoms with Crippen LogP contribution in [-0.2, 0) is 22.1 Å². The third-order valence-corrected chi connectivity index (χ3v) is 2.32. The van der Waals surface area contributed by atoms with E-state index in [-0.39, 0.29) is 6.61 Å². The lowest BCUT2D eigenvalue weighted by molar-refractivity contribution is -0.144. The first-order valence-electron chi connectivity index (χ1n) is 5.40. The SMILES string of the molecule is CCOC(=O)Cc1c(C(F)F)cnc(C(F)(F)F)c1O. The molecule has 0 unspecified atom stereocenters. The van der Waals surface area contributed by atoms with Gasteiger partial charge in [0.15, 0.2) is 11.4 Å². The Kier molecular flexibility index (Phi) is 4.85. The maximum atomic E-state index is 12.7. The second kappa shape index (κ2) is 6.02. The molecular formula is C11H10F5NO3. The van der Waals surface area contributed by atoms with Crippen molar-refractivity contribution in [3.63, 3.8) is 0 Å². The number of alkyl halides is 5. The molecule has 1 heterocycles. The van der Waals surface area contributed by atoms with Crippen molar-refractivity contribution in [2.75, 3.05) is 6.61 Å². The summed E-state index contributed by atoms with van der Waals surface area (Å²) in [6, 6.07) is 0. The van der Waals surface area contributed by atoms with Crippen LogP contribution in [0.2, 0.25) is 0 Å². The van der Waals surface area contributed by atoms with Gasteiger partial charge in [0, 0.05) is 17.3 Å². The summed E-state index contributed by atoms with van der Waals surface area (Å²) >= 11 is 0. The number of halogens is 5. The van der Waals surface area contributed by atoms with Crippen molar-refractivity contribution < 1.29 is 36.6 Å². The van der Waals surface area contributed by atoms with Crippen LogP contribution in [0.4, 0.5) is 22.0 Å². The van der Waals surface area contributed by atoms with Gasteiger partial charge in [-0.3, -0.25) is 4.79 Å². The van der Waals surface area contributed by atoms with Crippen LogP contribution in [-0.4, -0.2) is 22.7 Å². The van der Waals surface area contributed by atoms with E-state index >= 15 is 0 Å². The first kappa shape index (κ1) is 16.1. The highest BCUT2D eigenvalue weighted by atomic mass is 19.4. The second-order valence-electron chi connectivity index (χ2n) is 3.67. The first-order valence-corrected chi connectivity index (χ1v) is 5.40. The zero-order valence-corrected chi connectivity index (χ0v) is 10.2. The summed E-state index contributed by atoms with van der Waals surface area (Å²) in [5.41, 5.74) is -3.49. The molecule has 0 aliphatic heterocycles. The summed E-state index contributed by atoms with van der Waals surface area (Å²) in [4.78, 5) is 14.0. The summed E-state index contributed by atoms with van der Waals surface area (Å²) < 4.78 is 67.4. The van der Waals surface area contributed by atoms with E-state index in [4.69, 9.17) is 0 Å². The number of aromatic nitrogens is 1. The number of esters is 1. The van der Waals surface area contributed by atoms with Gasteiger partial charge in [0.2, 0.25) is 0 Å². The molecule has 20 heavy (non-hydrogen) atoms. The smallest absolute Gasteiger partial charge is 0.437 e.